The highest BCUT2D eigenvalue weighted by atomic mass is 35.5. The van der Waals surface area contributed by atoms with E-state index < -0.39 is 0 Å². The highest BCUT2D eigenvalue weighted by molar-refractivity contribution is 8.00. The third-order valence-electron chi connectivity index (χ3n) is 4.00. The van der Waals surface area contributed by atoms with Gasteiger partial charge in [0.05, 0.1) is 17.6 Å². The maximum Gasteiger partial charge on any atom is 0.250 e. The second-order valence-corrected chi connectivity index (χ2v) is 7.14. The Bertz CT molecular complexity index is 970. The second-order valence-electron chi connectivity index (χ2n) is 5.92. The smallest absolute Gasteiger partial charge is 0.250 e. The van der Waals surface area contributed by atoms with Crippen molar-refractivity contribution in [3.63, 3.8) is 0 Å². The summed E-state index contributed by atoms with van der Waals surface area (Å²) in [5.74, 6) is 1.48. The van der Waals surface area contributed by atoms with Gasteiger partial charge >= 0.3 is 0 Å². The zero-order valence-corrected chi connectivity index (χ0v) is 16.8. The first kappa shape index (κ1) is 19.4. The predicted molar refractivity (Wildman–Crippen MR) is 112 cm³/mol. The molecule has 0 fully saturated rings. The molecule has 0 saturated carbocycles. The van der Waals surface area contributed by atoms with Gasteiger partial charge in [0.15, 0.2) is 5.75 Å². The number of rotatable bonds is 8. The van der Waals surface area contributed by atoms with Crippen LogP contribution >= 0.6 is 23.8 Å². The zero-order chi connectivity index (χ0) is 19.2. The number of anilines is 1. The molecule has 2 aromatic heterocycles. The van der Waals surface area contributed by atoms with E-state index in [4.69, 9.17) is 16.2 Å². The van der Waals surface area contributed by atoms with E-state index in [1.54, 1.807) is 39.5 Å². The predicted octanol–water partition coefficient (Wildman–Crippen LogP) is 4.72. The molecule has 1 aromatic carbocycles. The summed E-state index contributed by atoms with van der Waals surface area (Å²) in [5, 5.41) is 4.43. The molecule has 0 bridgehead atoms. The van der Waals surface area contributed by atoms with Gasteiger partial charge in [0, 0.05) is 36.3 Å². The minimum absolute atomic E-state index is 0.00933. The summed E-state index contributed by atoms with van der Waals surface area (Å²) in [4.78, 5) is 11.9. The lowest BCUT2D eigenvalue weighted by molar-refractivity contribution is 0.622. The van der Waals surface area contributed by atoms with Crippen molar-refractivity contribution in [3.8, 4) is 22.6 Å². The summed E-state index contributed by atoms with van der Waals surface area (Å²) in [5.41, 5.74) is 3.50. The molecular weight excluding hydrogens is 384 g/mol. The van der Waals surface area contributed by atoms with E-state index in [2.05, 4.69) is 16.7 Å². The average Bonchev–Trinajstić information content (AvgIpc) is 3.18. The maximum absolute atomic E-state index is 11.9. The number of hydrogen-bond acceptors (Lipinski definition) is 5. The molecule has 3 rings (SSSR count). The molecule has 3 aromatic rings. The number of hydrogen-bond donors (Lipinski definition) is 1. The van der Waals surface area contributed by atoms with Crippen molar-refractivity contribution in [1.82, 2.24) is 14.3 Å². The molecule has 0 amide bonds. The van der Waals surface area contributed by atoms with E-state index >= 15 is 0 Å². The Hall–Kier alpha value is -2.38. The van der Waals surface area contributed by atoms with Crippen LogP contribution in [0.1, 0.15) is 20.3 Å². The van der Waals surface area contributed by atoms with E-state index in [9.17, 15) is 4.79 Å². The lowest BCUT2D eigenvalue weighted by Gasteiger charge is -2.09. The van der Waals surface area contributed by atoms with Gasteiger partial charge in [-0.2, -0.15) is 5.10 Å². The highest BCUT2D eigenvalue weighted by Gasteiger charge is 2.10. The molecule has 1 N–H and O–H groups in total. The molecule has 0 atom stereocenters. The Morgan fingerprint density at radius 2 is 2.04 bits per heavy atom. The summed E-state index contributed by atoms with van der Waals surface area (Å²) < 4.78 is 11.6. The third kappa shape index (κ3) is 4.48. The zero-order valence-electron chi connectivity index (χ0n) is 15.2. The Kier molecular flexibility index (Phi) is 6.47. The quantitative estimate of drug-likeness (QED) is 0.550. The lowest BCUT2D eigenvalue weighted by atomic mass is 10.1. The van der Waals surface area contributed by atoms with Crippen molar-refractivity contribution in [3.05, 3.63) is 59.3 Å². The van der Waals surface area contributed by atoms with Gasteiger partial charge in [-0.25, -0.2) is 4.68 Å². The topological polar surface area (TPSA) is 61.1 Å². The number of aryl methyl sites for hydroxylation is 1. The Labute approximate surface area is 167 Å². The van der Waals surface area contributed by atoms with Crippen LogP contribution in [0, 0.1) is 0 Å². The fourth-order valence-electron chi connectivity index (χ4n) is 2.68. The third-order valence-corrected chi connectivity index (χ3v) is 4.82. The monoisotopic (exact) mass is 404 g/mol. The van der Waals surface area contributed by atoms with Gasteiger partial charge < -0.3 is 13.6 Å². The van der Waals surface area contributed by atoms with E-state index in [0.717, 1.165) is 34.7 Å². The summed E-state index contributed by atoms with van der Waals surface area (Å²) >= 11 is 7.20. The number of halogens is 1. The molecule has 0 spiro atoms. The molecule has 0 unspecified atom stereocenters. The molecule has 0 saturated heterocycles. The summed E-state index contributed by atoms with van der Waals surface area (Å²) in [6, 6.07) is 9.11. The molecule has 2 heterocycles. The maximum atomic E-state index is 11.9. The number of aromatic nitrogens is 3. The minimum Gasteiger partial charge on any atom is -0.383 e. The molecule has 0 radical (unpaired) electrons. The largest absolute Gasteiger partial charge is 0.383 e. The fraction of sp³-hybridized carbons (Fsp3) is 0.263. The first-order chi connectivity index (χ1) is 13.2. The molecule has 27 heavy (non-hydrogen) atoms. The normalized spacial score (nSPS) is 10.8. The van der Waals surface area contributed by atoms with Gasteiger partial charge in [-0.1, -0.05) is 31.9 Å². The summed E-state index contributed by atoms with van der Waals surface area (Å²) in [6.45, 7) is 4.78. The highest BCUT2D eigenvalue weighted by Crippen LogP contribution is 2.33. The minimum atomic E-state index is -0.00933. The molecular formula is C19H21ClN4O2S. The van der Waals surface area contributed by atoms with E-state index in [1.165, 1.54) is 0 Å². The van der Waals surface area contributed by atoms with E-state index in [-0.39, 0.29) is 5.56 Å². The van der Waals surface area contributed by atoms with Crippen molar-refractivity contribution in [2.24, 2.45) is 0 Å². The molecule has 8 heteroatoms. The van der Waals surface area contributed by atoms with Gasteiger partial charge in [0.1, 0.15) is 11.9 Å². The van der Waals surface area contributed by atoms with E-state index in [0.29, 0.717) is 12.3 Å². The van der Waals surface area contributed by atoms with Crippen LogP contribution in [-0.2, 0) is 6.54 Å². The van der Waals surface area contributed by atoms with Crippen LogP contribution < -0.4 is 14.6 Å². The van der Waals surface area contributed by atoms with Crippen LogP contribution in [-0.4, -0.2) is 20.1 Å². The lowest BCUT2D eigenvalue weighted by Crippen LogP contribution is -2.19. The van der Waals surface area contributed by atoms with Crippen LogP contribution in [0.4, 0.5) is 5.69 Å². The summed E-state index contributed by atoms with van der Waals surface area (Å²) in [7, 11) is 0. The van der Waals surface area contributed by atoms with Gasteiger partial charge in [0.25, 0.3) is 5.56 Å². The SMILES string of the molecule is CCCn1cc(-n2cc(-c3ccc(NSCC)c(OCl)c3)cn2)ccc1=O. The molecule has 0 aliphatic heterocycles. The van der Waals surface area contributed by atoms with Gasteiger partial charge in [-0.3, -0.25) is 4.79 Å². The van der Waals surface area contributed by atoms with Gasteiger partial charge in [-0.15, -0.1) is 0 Å². The van der Waals surface area contributed by atoms with Crippen molar-refractivity contribution in [2.45, 2.75) is 26.8 Å². The standard InChI is InChI=1S/C19H21ClN4O2S/c1-3-9-23-13-16(6-8-19(23)25)24-12-15(11-21-24)14-5-7-17(22-27-4-2)18(10-14)26-20/h5-8,10-13,22H,3-4,9H2,1-2H3. The Morgan fingerprint density at radius 1 is 1.19 bits per heavy atom. The number of benzene rings is 1. The first-order valence-corrected chi connectivity index (χ1v) is 10.0. The molecule has 0 aliphatic rings. The van der Waals surface area contributed by atoms with Crippen LogP contribution in [0.2, 0.25) is 0 Å². The van der Waals surface area contributed by atoms with Crippen molar-refractivity contribution in [1.29, 1.82) is 0 Å². The summed E-state index contributed by atoms with van der Waals surface area (Å²) in [6.07, 6.45) is 6.41. The Morgan fingerprint density at radius 3 is 2.78 bits per heavy atom. The van der Waals surface area contributed by atoms with Crippen molar-refractivity contribution >= 4 is 29.5 Å². The van der Waals surface area contributed by atoms with Gasteiger partial charge in [-0.05, 0) is 30.2 Å². The van der Waals surface area contributed by atoms with Crippen LogP contribution in [0.15, 0.2) is 53.7 Å². The van der Waals surface area contributed by atoms with E-state index in [1.807, 2.05) is 37.5 Å². The fourth-order valence-corrected chi connectivity index (χ4v) is 3.28. The molecule has 6 nitrogen and oxygen atoms in total. The van der Waals surface area contributed by atoms with Gasteiger partial charge in [0.2, 0.25) is 0 Å². The van der Waals surface area contributed by atoms with Crippen LogP contribution in [0.25, 0.3) is 16.8 Å². The van der Waals surface area contributed by atoms with Crippen LogP contribution in [0.3, 0.4) is 0 Å². The second kappa shape index (κ2) is 9.01. The molecule has 142 valence electrons. The van der Waals surface area contributed by atoms with Crippen molar-refractivity contribution < 1.29 is 4.29 Å². The number of nitrogens with zero attached hydrogens (tertiary/aromatic N) is 3. The average molecular weight is 405 g/mol. The molecule has 0 aliphatic carbocycles. The Balaban J connectivity index is 1.89. The number of pyridine rings is 1. The van der Waals surface area contributed by atoms with Crippen LogP contribution in [0.5, 0.6) is 5.75 Å². The number of nitrogens with one attached hydrogen (secondary N) is 1. The first-order valence-electron chi connectivity index (χ1n) is 8.72. The van der Waals surface area contributed by atoms with Crippen molar-refractivity contribution in [2.75, 3.05) is 10.5 Å².